The number of carbonyl (C=O) groups is 1. The van der Waals surface area contributed by atoms with Crippen LogP contribution in [0, 0.1) is 116 Å². The van der Waals surface area contributed by atoms with Gasteiger partial charge in [0.2, 0.25) is 12.3 Å². The maximum atomic E-state index is 15.4. The Hall–Kier alpha value is -6.42. The van der Waals surface area contributed by atoms with Gasteiger partial charge >= 0.3 is 0 Å². The van der Waals surface area contributed by atoms with E-state index in [1.165, 1.54) is 69.9 Å². The molecule has 1 heterocycles. The molecule has 0 saturated carbocycles. The molecule has 5 aromatic carbocycles. The average molecular weight is 1050 g/mol. The van der Waals surface area contributed by atoms with E-state index in [1.54, 1.807) is 0 Å². The number of Topliss-reactive ketones (excluding diaryl/α,β-unsaturated/α-hetero) is 1. The van der Waals surface area contributed by atoms with Crippen molar-refractivity contribution in [3.63, 3.8) is 0 Å². The molecule has 386 valence electrons. The summed E-state index contributed by atoms with van der Waals surface area (Å²) in [6, 6.07) is 15.8. The largest absolute Gasteiger partial charge is 0.287 e. The molecule has 0 amide bonds. The Morgan fingerprint density at radius 3 is 0.958 bits per heavy atom. The van der Waals surface area contributed by atoms with E-state index in [1.807, 2.05) is 42.6 Å². The zero-order valence-electron chi connectivity index (χ0n) is 37.2. The lowest BCUT2D eigenvalue weighted by molar-refractivity contribution is -0.690. The molecule has 0 N–H and O–H groups in total. The highest BCUT2D eigenvalue weighted by atomic mass is 19.2. The van der Waals surface area contributed by atoms with Crippen molar-refractivity contribution in [3.8, 4) is 0 Å². The van der Waals surface area contributed by atoms with Crippen LogP contribution >= 0.6 is 0 Å². The van der Waals surface area contributed by atoms with Crippen molar-refractivity contribution in [2.75, 3.05) is 0 Å². The summed E-state index contributed by atoms with van der Waals surface area (Å²) < 4.78 is 296. The first-order chi connectivity index (χ1) is 34.0. The first-order valence-electron chi connectivity index (χ1n) is 21.8. The Balaban J connectivity index is 0.000000304. The highest BCUT2D eigenvalue weighted by Crippen LogP contribution is 2.31. The number of rotatable bonds is 18. The van der Waals surface area contributed by atoms with Crippen LogP contribution in [-0.4, -0.2) is 11.9 Å². The molecule has 0 aliphatic carbocycles. The van der Waals surface area contributed by atoms with Gasteiger partial charge in [-0.3, -0.25) is 4.79 Å². The Kier molecular flexibility index (Phi) is 18.7. The van der Waals surface area contributed by atoms with Gasteiger partial charge in [0, 0.05) is 24.1 Å². The second-order valence-corrected chi connectivity index (χ2v) is 16.3. The summed E-state index contributed by atoms with van der Waals surface area (Å²) in [5, 5.41) is 0. The molecule has 72 heavy (non-hydrogen) atoms. The van der Waals surface area contributed by atoms with Crippen LogP contribution in [0.15, 0.2) is 54.7 Å². The second kappa shape index (κ2) is 23.9. The molecule has 0 saturated heterocycles. The minimum Gasteiger partial charge on any atom is -0.287 e. The maximum absolute atomic E-state index is 15.4. The smallest absolute Gasteiger partial charge is 0.227 e. The van der Waals surface area contributed by atoms with Crippen molar-refractivity contribution >= 4 is 33.8 Å². The van der Waals surface area contributed by atoms with Gasteiger partial charge in [-0.15, -0.1) is 21.9 Å². The SMILES string of the molecule is CCCCCCCCCCCCc1cccc[n+]1CC(=O)c1ccccc1.Fc1c(F)c(F)c([B-](c2c(F)c(F)c(F)c(F)c2F)(c2c(F)c(F)c(F)c(F)c2F)c2c(F)c(F)c(F)c(F)c2F)c(F)c1F. The number of benzene rings is 5. The third-order valence-corrected chi connectivity index (χ3v) is 11.9. The number of ketones is 1. The fourth-order valence-corrected chi connectivity index (χ4v) is 8.43. The van der Waals surface area contributed by atoms with E-state index >= 15 is 35.1 Å². The average Bonchev–Trinajstić information content (AvgIpc) is 3.37. The van der Waals surface area contributed by atoms with Crippen molar-refractivity contribution in [2.24, 2.45) is 0 Å². The topological polar surface area (TPSA) is 20.9 Å². The first-order valence-corrected chi connectivity index (χ1v) is 21.8. The molecule has 6 rings (SSSR count). The molecule has 6 aromatic rings. The lowest BCUT2D eigenvalue weighted by Gasteiger charge is -2.44. The van der Waals surface area contributed by atoms with Gasteiger partial charge in [0.25, 0.3) is 0 Å². The van der Waals surface area contributed by atoms with Crippen LogP contribution in [0.5, 0.6) is 0 Å². The molecule has 2 nitrogen and oxygen atoms in total. The van der Waals surface area contributed by atoms with E-state index in [2.05, 4.69) is 23.6 Å². The van der Waals surface area contributed by atoms with E-state index in [9.17, 15) is 57.5 Å². The van der Waals surface area contributed by atoms with Crippen LogP contribution in [0.4, 0.5) is 87.8 Å². The van der Waals surface area contributed by atoms with E-state index < -0.39 is 144 Å². The Bertz CT molecular complexity index is 2590. The maximum Gasteiger partial charge on any atom is 0.227 e. The van der Waals surface area contributed by atoms with Crippen LogP contribution < -0.4 is 26.4 Å². The van der Waals surface area contributed by atoms with Gasteiger partial charge < -0.3 is 0 Å². The van der Waals surface area contributed by atoms with Crippen molar-refractivity contribution in [1.29, 1.82) is 0 Å². The summed E-state index contributed by atoms with van der Waals surface area (Å²) in [7, 11) is 0. The minimum atomic E-state index is -7.22. The molecule has 0 fully saturated rings. The molecule has 0 bridgehead atoms. The predicted molar refractivity (Wildman–Crippen MR) is 222 cm³/mol. The standard InChI is InChI=1S/C25H36NO.C24BF20/c1-2-3-4-5-6-7-8-9-10-14-19-24-20-15-16-21-26(24)22-25(27)23-17-12-11-13-18-23;26-5-1(6(27)14(35)21(42)13(5)34)25(2-7(28)15(36)22(43)16(37)8(2)29,3-9(30)17(38)23(44)18(39)10(3)31)4-11(32)19(40)24(45)20(41)12(4)33/h11-13,15-18,20-21H,2-10,14,19,22H2,1H3;/q+1;-1. The van der Waals surface area contributed by atoms with Crippen LogP contribution in [0.2, 0.25) is 0 Å². The van der Waals surface area contributed by atoms with Crippen molar-refractivity contribution in [2.45, 2.75) is 84.1 Å². The number of pyridine rings is 1. The lowest BCUT2D eigenvalue weighted by Crippen LogP contribution is -2.81. The normalized spacial score (nSPS) is 11.6. The number of hydrogen-bond donors (Lipinski definition) is 0. The molecular weight excluding hydrogens is 1010 g/mol. The van der Waals surface area contributed by atoms with Gasteiger partial charge in [0.15, 0.2) is 81.7 Å². The van der Waals surface area contributed by atoms with Crippen LogP contribution in [0.3, 0.4) is 0 Å². The van der Waals surface area contributed by atoms with Gasteiger partial charge in [0.1, 0.15) is 52.7 Å². The number of unbranched alkanes of at least 4 members (excludes halogenated alkanes) is 9. The quantitative estimate of drug-likeness (QED) is 0.0160. The molecule has 23 heteroatoms. The van der Waals surface area contributed by atoms with Gasteiger partial charge in [-0.05, 0) is 6.42 Å². The summed E-state index contributed by atoms with van der Waals surface area (Å²) in [6.07, 6.45) is 9.41. The number of hydrogen-bond acceptors (Lipinski definition) is 1. The molecule has 1 aromatic heterocycles. The summed E-state index contributed by atoms with van der Waals surface area (Å²) in [5.41, 5.74) is -12.3. The van der Waals surface area contributed by atoms with Crippen LogP contribution in [0.25, 0.3) is 0 Å². The Labute approximate surface area is 396 Å². The predicted octanol–water partition coefficient (Wildman–Crippen LogP) is 12.2. The van der Waals surface area contributed by atoms with E-state index in [4.69, 9.17) is 0 Å². The van der Waals surface area contributed by atoms with Gasteiger partial charge in [-0.1, -0.05) is 101 Å². The van der Waals surface area contributed by atoms with Crippen molar-refractivity contribution in [1.82, 2.24) is 0 Å². The lowest BCUT2D eigenvalue weighted by atomic mass is 9.12. The number of halogens is 20. The molecule has 0 spiro atoms. The fraction of sp³-hybridized carbons (Fsp3) is 0.265. The third kappa shape index (κ3) is 10.7. The summed E-state index contributed by atoms with van der Waals surface area (Å²) >= 11 is 0. The molecule has 0 unspecified atom stereocenters. The van der Waals surface area contributed by atoms with E-state index in [0.29, 0.717) is 6.54 Å². The molecular formula is C49H36BF20NO. The summed E-state index contributed by atoms with van der Waals surface area (Å²) in [5.74, 6) is -71.2. The highest BCUT2D eigenvalue weighted by Gasteiger charge is 2.52. The number of aryl methyl sites for hydroxylation is 1. The fourth-order valence-electron chi connectivity index (χ4n) is 8.43. The first kappa shape index (κ1) is 56.5. The molecule has 0 aliphatic rings. The highest BCUT2D eigenvalue weighted by molar-refractivity contribution is 7.20. The zero-order valence-corrected chi connectivity index (χ0v) is 37.2. The third-order valence-electron chi connectivity index (χ3n) is 11.9. The summed E-state index contributed by atoms with van der Waals surface area (Å²) in [4.78, 5) is 12.5. The van der Waals surface area contributed by atoms with Gasteiger partial charge in [0.05, 0.1) is 0 Å². The number of nitrogens with zero attached hydrogens (tertiary/aromatic N) is 1. The van der Waals surface area contributed by atoms with E-state index in [-0.39, 0.29) is 5.78 Å². The molecule has 0 radical (unpaired) electrons. The number of carbonyl (C=O) groups excluding carboxylic acids is 1. The minimum absolute atomic E-state index is 0.177. The molecule has 0 aliphatic heterocycles. The Morgan fingerprint density at radius 2 is 0.639 bits per heavy atom. The summed E-state index contributed by atoms with van der Waals surface area (Å²) in [6.45, 7) is 2.70. The van der Waals surface area contributed by atoms with Crippen LogP contribution in [-0.2, 0) is 13.0 Å². The van der Waals surface area contributed by atoms with E-state index in [0.717, 1.165) is 12.0 Å². The monoisotopic (exact) mass is 1050 g/mol. The molecule has 0 atom stereocenters. The van der Waals surface area contributed by atoms with Crippen molar-refractivity contribution in [3.05, 3.63) is 182 Å². The van der Waals surface area contributed by atoms with Crippen LogP contribution in [0.1, 0.15) is 87.2 Å². The zero-order chi connectivity index (χ0) is 53.5. The van der Waals surface area contributed by atoms with Gasteiger partial charge in [-0.2, -0.15) is 4.57 Å². The van der Waals surface area contributed by atoms with Gasteiger partial charge in [-0.25, -0.2) is 87.8 Å². The number of aromatic nitrogens is 1. The Morgan fingerprint density at radius 1 is 0.361 bits per heavy atom. The second-order valence-electron chi connectivity index (χ2n) is 16.3. The van der Waals surface area contributed by atoms with Crippen molar-refractivity contribution < 1.29 is 97.2 Å².